The van der Waals surface area contributed by atoms with E-state index in [0.29, 0.717) is 5.75 Å². The molecule has 1 aliphatic rings. The van der Waals surface area contributed by atoms with Crippen LogP contribution in [0.25, 0.3) is 5.69 Å². The van der Waals surface area contributed by atoms with Gasteiger partial charge in [0.15, 0.2) is 6.61 Å². The van der Waals surface area contributed by atoms with Crippen molar-refractivity contribution >= 4 is 17.3 Å². The number of ether oxygens (including phenoxy) is 1. The normalized spacial score (nSPS) is 14.3. The van der Waals surface area contributed by atoms with Crippen molar-refractivity contribution < 1.29 is 9.53 Å². The third-order valence-corrected chi connectivity index (χ3v) is 4.94. The number of tetrazole rings is 1. The van der Waals surface area contributed by atoms with E-state index >= 15 is 0 Å². The van der Waals surface area contributed by atoms with Gasteiger partial charge in [-0.15, -0.1) is 5.10 Å². The molecule has 4 rings (SSSR count). The molecule has 1 amide bonds. The van der Waals surface area contributed by atoms with Gasteiger partial charge in [-0.05, 0) is 71.8 Å². The van der Waals surface area contributed by atoms with Gasteiger partial charge >= 0.3 is 0 Å². The second-order valence-corrected chi connectivity index (χ2v) is 7.03. The van der Waals surface area contributed by atoms with Crippen LogP contribution in [0.15, 0.2) is 54.9 Å². The highest BCUT2D eigenvalue weighted by Gasteiger charge is 2.10. The van der Waals surface area contributed by atoms with E-state index in [0.717, 1.165) is 24.5 Å². The molecule has 8 heteroatoms. The first-order valence-electron chi connectivity index (χ1n) is 9.89. The molecule has 0 bridgehead atoms. The average molecular weight is 392 g/mol. The van der Waals surface area contributed by atoms with E-state index in [-0.39, 0.29) is 12.5 Å². The van der Waals surface area contributed by atoms with E-state index in [9.17, 15) is 4.79 Å². The van der Waals surface area contributed by atoms with Gasteiger partial charge in [-0.2, -0.15) is 0 Å². The molecule has 150 valence electrons. The minimum Gasteiger partial charge on any atom is -0.484 e. The van der Waals surface area contributed by atoms with Crippen LogP contribution in [-0.2, 0) is 4.79 Å². The molecule has 1 saturated heterocycles. The molecular weight excluding hydrogens is 368 g/mol. The molecule has 1 N–H and O–H groups in total. The van der Waals surface area contributed by atoms with E-state index in [4.69, 9.17) is 4.74 Å². The zero-order valence-electron chi connectivity index (χ0n) is 16.2. The molecule has 8 nitrogen and oxygen atoms in total. The summed E-state index contributed by atoms with van der Waals surface area (Å²) in [6.45, 7) is 2.15. The summed E-state index contributed by atoms with van der Waals surface area (Å²) in [4.78, 5) is 14.6. The Bertz CT molecular complexity index is 901. The second-order valence-electron chi connectivity index (χ2n) is 7.03. The number of hydrogen-bond donors (Lipinski definition) is 1. The summed E-state index contributed by atoms with van der Waals surface area (Å²) < 4.78 is 7.11. The van der Waals surface area contributed by atoms with Crippen LogP contribution in [0.4, 0.5) is 11.4 Å². The topological polar surface area (TPSA) is 85.2 Å². The fourth-order valence-electron chi connectivity index (χ4n) is 3.41. The Balaban J connectivity index is 1.27. The van der Waals surface area contributed by atoms with Crippen molar-refractivity contribution in [3.8, 4) is 11.4 Å². The zero-order chi connectivity index (χ0) is 19.9. The van der Waals surface area contributed by atoms with Crippen LogP contribution in [-0.4, -0.2) is 45.8 Å². The van der Waals surface area contributed by atoms with E-state index in [2.05, 4.69) is 37.9 Å². The number of carbonyl (C=O) groups excluding carboxylic acids is 1. The van der Waals surface area contributed by atoms with Gasteiger partial charge in [0.05, 0.1) is 5.69 Å². The molecule has 2 aromatic carbocycles. The quantitative estimate of drug-likeness (QED) is 0.694. The first kappa shape index (κ1) is 18.9. The zero-order valence-corrected chi connectivity index (χ0v) is 16.2. The van der Waals surface area contributed by atoms with Gasteiger partial charge in [-0.1, -0.05) is 12.8 Å². The van der Waals surface area contributed by atoms with Gasteiger partial charge in [-0.25, -0.2) is 4.68 Å². The van der Waals surface area contributed by atoms with Crippen LogP contribution in [0.1, 0.15) is 25.7 Å². The maximum Gasteiger partial charge on any atom is 0.262 e. The van der Waals surface area contributed by atoms with Crippen molar-refractivity contribution in [1.29, 1.82) is 0 Å². The molecule has 1 aliphatic heterocycles. The van der Waals surface area contributed by atoms with Gasteiger partial charge < -0.3 is 15.0 Å². The Hall–Kier alpha value is -3.42. The van der Waals surface area contributed by atoms with Crippen molar-refractivity contribution in [3.63, 3.8) is 0 Å². The number of rotatable bonds is 6. The van der Waals surface area contributed by atoms with Crippen LogP contribution in [0.3, 0.4) is 0 Å². The smallest absolute Gasteiger partial charge is 0.262 e. The van der Waals surface area contributed by atoms with Crippen LogP contribution in [0.2, 0.25) is 0 Å². The predicted molar refractivity (Wildman–Crippen MR) is 110 cm³/mol. The Morgan fingerprint density at radius 3 is 2.28 bits per heavy atom. The maximum absolute atomic E-state index is 12.2. The Morgan fingerprint density at radius 1 is 0.931 bits per heavy atom. The lowest BCUT2D eigenvalue weighted by Gasteiger charge is -2.22. The van der Waals surface area contributed by atoms with E-state index in [1.165, 1.54) is 37.7 Å². The second kappa shape index (κ2) is 9.18. The highest BCUT2D eigenvalue weighted by molar-refractivity contribution is 5.92. The van der Waals surface area contributed by atoms with Crippen LogP contribution < -0.4 is 15.0 Å². The predicted octanol–water partition coefficient (Wildman–Crippen LogP) is 3.06. The maximum atomic E-state index is 12.2. The largest absolute Gasteiger partial charge is 0.484 e. The highest BCUT2D eigenvalue weighted by atomic mass is 16.5. The molecule has 1 aromatic heterocycles. The van der Waals surface area contributed by atoms with E-state index < -0.39 is 0 Å². The molecule has 29 heavy (non-hydrogen) atoms. The number of benzene rings is 2. The summed E-state index contributed by atoms with van der Waals surface area (Å²) in [5.41, 5.74) is 2.80. The Labute approximate surface area is 169 Å². The van der Waals surface area contributed by atoms with Crippen LogP contribution >= 0.6 is 0 Å². The van der Waals surface area contributed by atoms with Crippen LogP contribution in [0.5, 0.6) is 5.75 Å². The third-order valence-electron chi connectivity index (χ3n) is 4.94. The first-order valence-corrected chi connectivity index (χ1v) is 9.89. The monoisotopic (exact) mass is 392 g/mol. The fourth-order valence-corrected chi connectivity index (χ4v) is 3.41. The number of aromatic nitrogens is 4. The highest BCUT2D eigenvalue weighted by Crippen LogP contribution is 2.21. The van der Waals surface area contributed by atoms with Gasteiger partial charge in [0, 0.05) is 24.5 Å². The molecule has 0 saturated carbocycles. The van der Waals surface area contributed by atoms with Crippen molar-refractivity contribution in [2.24, 2.45) is 0 Å². The number of amides is 1. The Kier molecular flexibility index (Phi) is 5.99. The van der Waals surface area contributed by atoms with Crippen LogP contribution in [0, 0.1) is 0 Å². The first-order chi connectivity index (χ1) is 14.3. The number of nitrogens with one attached hydrogen (secondary N) is 1. The molecule has 0 aliphatic carbocycles. The lowest BCUT2D eigenvalue weighted by molar-refractivity contribution is -0.118. The molecule has 3 aromatic rings. The van der Waals surface area contributed by atoms with Crippen molar-refractivity contribution in [2.45, 2.75) is 25.7 Å². The van der Waals surface area contributed by atoms with E-state index in [1.54, 1.807) is 16.8 Å². The van der Waals surface area contributed by atoms with Crippen molar-refractivity contribution in [3.05, 3.63) is 54.9 Å². The van der Waals surface area contributed by atoms with Gasteiger partial charge in [0.1, 0.15) is 12.1 Å². The van der Waals surface area contributed by atoms with Gasteiger partial charge in [-0.3, -0.25) is 4.79 Å². The minimum absolute atomic E-state index is 0.0574. The molecular formula is C21H24N6O2. The molecule has 2 heterocycles. The summed E-state index contributed by atoms with van der Waals surface area (Å²) >= 11 is 0. The average Bonchev–Trinajstić information content (AvgIpc) is 3.16. The molecule has 0 atom stereocenters. The van der Waals surface area contributed by atoms with Crippen molar-refractivity contribution in [2.75, 3.05) is 29.9 Å². The molecule has 0 spiro atoms. The summed E-state index contributed by atoms with van der Waals surface area (Å²) in [7, 11) is 0. The number of nitrogens with zero attached hydrogens (tertiary/aromatic N) is 5. The molecule has 1 fully saturated rings. The lowest BCUT2D eigenvalue weighted by atomic mass is 10.2. The van der Waals surface area contributed by atoms with E-state index in [1.807, 2.05) is 24.3 Å². The van der Waals surface area contributed by atoms with Crippen molar-refractivity contribution in [1.82, 2.24) is 20.2 Å². The number of anilines is 2. The molecule has 0 unspecified atom stereocenters. The molecule has 0 radical (unpaired) electrons. The summed E-state index contributed by atoms with van der Waals surface area (Å²) in [6.07, 6.45) is 6.62. The van der Waals surface area contributed by atoms with Gasteiger partial charge in [0.2, 0.25) is 0 Å². The summed E-state index contributed by atoms with van der Waals surface area (Å²) in [6, 6.07) is 15.2. The number of carbonyl (C=O) groups is 1. The standard InChI is InChI=1S/C21H24N6O2/c28-21(15-29-20-11-9-19(10-12-20)27-16-22-24-25-27)23-17-5-7-18(8-6-17)26-13-3-1-2-4-14-26/h5-12,16H,1-4,13-15H2,(H,23,28). The van der Waals surface area contributed by atoms with Gasteiger partial charge in [0.25, 0.3) is 5.91 Å². The minimum atomic E-state index is -0.197. The SMILES string of the molecule is O=C(COc1ccc(-n2cnnn2)cc1)Nc1ccc(N2CCCCCC2)cc1. The number of hydrogen-bond acceptors (Lipinski definition) is 6. The summed E-state index contributed by atoms with van der Waals surface area (Å²) in [5, 5.41) is 13.9. The lowest BCUT2D eigenvalue weighted by Crippen LogP contribution is -2.24. The fraction of sp³-hybridized carbons (Fsp3) is 0.333. The Morgan fingerprint density at radius 2 is 1.62 bits per heavy atom. The third kappa shape index (κ3) is 5.10. The summed E-state index contributed by atoms with van der Waals surface area (Å²) in [5.74, 6) is 0.408.